The Kier molecular flexibility index (Phi) is 5.24. The molecule has 33 heavy (non-hydrogen) atoms. The molecule has 8 heteroatoms. The molecule has 1 N–H and O–H groups in total. The maximum absolute atomic E-state index is 13.3. The van der Waals surface area contributed by atoms with Crippen molar-refractivity contribution < 1.29 is 4.79 Å². The van der Waals surface area contributed by atoms with Gasteiger partial charge in [-0.1, -0.05) is 42.5 Å². The lowest BCUT2D eigenvalue weighted by Gasteiger charge is -2.14. The lowest BCUT2D eigenvalue weighted by molar-refractivity contribution is -0.116. The summed E-state index contributed by atoms with van der Waals surface area (Å²) in [6, 6.07) is 20.1. The second-order valence-electron chi connectivity index (χ2n) is 7.57. The minimum atomic E-state index is -0.586. The second-order valence-corrected chi connectivity index (χ2v) is 7.57. The molecule has 0 aliphatic carbocycles. The Morgan fingerprint density at radius 3 is 2.55 bits per heavy atom. The van der Waals surface area contributed by atoms with Gasteiger partial charge in [-0.25, -0.2) is 9.78 Å². The van der Waals surface area contributed by atoms with Crippen LogP contribution in [0.2, 0.25) is 0 Å². The van der Waals surface area contributed by atoms with Crippen molar-refractivity contribution in [2.75, 3.05) is 5.32 Å². The summed E-state index contributed by atoms with van der Waals surface area (Å²) in [5.74, 6) is -0.384. The van der Waals surface area contributed by atoms with E-state index in [1.54, 1.807) is 36.7 Å². The molecule has 0 unspecified atom stereocenters. The van der Waals surface area contributed by atoms with Crippen molar-refractivity contribution in [1.29, 1.82) is 0 Å². The molecule has 0 aliphatic rings. The van der Waals surface area contributed by atoms with Gasteiger partial charge < -0.3 is 5.32 Å². The van der Waals surface area contributed by atoms with Gasteiger partial charge in [-0.2, -0.15) is 0 Å². The lowest BCUT2D eigenvalue weighted by atomic mass is 10.1. The predicted molar refractivity (Wildman–Crippen MR) is 126 cm³/mol. The zero-order valence-electron chi connectivity index (χ0n) is 17.5. The molecular formula is C25H19N5O3. The van der Waals surface area contributed by atoms with Gasteiger partial charge in [-0.15, -0.1) is 0 Å². The molecule has 3 aromatic heterocycles. The normalized spacial score (nSPS) is 11.0. The molecule has 3 heterocycles. The van der Waals surface area contributed by atoms with Gasteiger partial charge in [0.15, 0.2) is 5.52 Å². The van der Waals surface area contributed by atoms with E-state index < -0.39 is 11.2 Å². The van der Waals surface area contributed by atoms with Crippen molar-refractivity contribution in [2.24, 2.45) is 0 Å². The van der Waals surface area contributed by atoms with Crippen molar-refractivity contribution in [2.45, 2.75) is 13.1 Å². The minimum absolute atomic E-state index is 0.0307. The van der Waals surface area contributed by atoms with Crippen LogP contribution < -0.4 is 16.6 Å². The van der Waals surface area contributed by atoms with Crippen LogP contribution in [0.5, 0.6) is 0 Å². The van der Waals surface area contributed by atoms with E-state index in [2.05, 4.69) is 15.3 Å². The number of hydrogen-bond acceptors (Lipinski definition) is 5. The van der Waals surface area contributed by atoms with Gasteiger partial charge in [-0.3, -0.25) is 23.7 Å². The van der Waals surface area contributed by atoms with E-state index >= 15 is 0 Å². The third-order valence-electron chi connectivity index (χ3n) is 5.42. The van der Waals surface area contributed by atoms with E-state index in [4.69, 9.17) is 0 Å². The zero-order chi connectivity index (χ0) is 22.8. The number of carbonyl (C=O) groups excluding carboxylic acids is 1. The standard InChI is InChI=1S/C25H19N5O3/c31-22(28-20-10-3-8-18-7-1-2-9-19(18)20)16-29-21-11-5-13-27-23(21)24(32)30(25(29)33)15-17-6-4-12-26-14-17/h1-14H,15-16H2,(H,28,31). The summed E-state index contributed by atoms with van der Waals surface area (Å²) < 4.78 is 2.36. The number of carbonyl (C=O) groups is 1. The van der Waals surface area contributed by atoms with Crippen LogP contribution >= 0.6 is 0 Å². The summed E-state index contributed by atoms with van der Waals surface area (Å²) in [5, 5.41) is 4.78. The first-order valence-corrected chi connectivity index (χ1v) is 10.4. The van der Waals surface area contributed by atoms with Crippen molar-refractivity contribution in [3.05, 3.63) is 112 Å². The Balaban J connectivity index is 1.55. The summed E-state index contributed by atoms with van der Waals surface area (Å²) >= 11 is 0. The van der Waals surface area contributed by atoms with E-state index in [0.29, 0.717) is 16.8 Å². The number of anilines is 1. The average molecular weight is 437 g/mol. The zero-order valence-corrected chi connectivity index (χ0v) is 17.5. The Morgan fingerprint density at radius 1 is 0.879 bits per heavy atom. The summed E-state index contributed by atoms with van der Waals surface area (Å²) in [4.78, 5) is 47.5. The highest BCUT2D eigenvalue weighted by molar-refractivity contribution is 6.02. The maximum atomic E-state index is 13.3. The van der Waals surface area contributed by atoms with E-state index in [1.807, 2.05) is 42.5 Å². The molecule has 0 saturated carbocycles. The molecule has 0 aliphatic heterocycles. The number of nitrogens with one attached hydrogen (secondary N) is 1. The average Bonchev–Trinajstić information content (AvgIpc) is 2.85. The molecule has 0 saturated heterocycles. The van der Waals surface area contributed by atoms with Gasteiger partial charge in [0.2, 0.25) is 5.91 Å². The first-order valence-electron chi connectivity index (χ1n) is 10.4. The molecular weight excluding hydrogens is 418 g/mol. The number of amides is 1. The van der Waals surface area contributed by atoms with Gasteiger partial charge in [0.1, 0.15) is 6.54 Å². The fraction of sp³-hybridized carbons (Fsp3) is 0.0800. The van der Waals surface area contributed by atoms with Crippen LogP contribution in [-0.4, -0.2) is 25.0 Å². The maximum Gasteiger partial charge on any atom is 0.332 e. The van der Waals surface area contributed by atoms with E-state index in [0.717, 1.165) is 15.3 Å². The van der Waals surface area contributed by atoms with Gasteiger partial charge in [-0.05, 0) is 35.2 Å². The molecule has 0 fully saturated rings. The summed E-state index contributed by atoms with van der Waals surface area (Å²) in [7, 11) is 0. The summed E-state index contributed by atoms with van der Waals surface area (Å²) in [6.45, 7) is -0.236. The van der Waals surface area contributed by atoms with E-state index in [1.165, 1.54) is 10.8 Å². The van der Waals surface area contributed by atoms with Crippen molar-refractivity contribution >= 4 is 33.4 Å². The number of aromatic nitrogens is 4. The number of hydrogen-bond donors (Lipinski definition) is 1. The topological polar surface area (TPSA) is 98.9 Å². The van der Waals surface area contributed by atoms with Crippen LogP contribution in [0.25, 0.3) is 21.8 Å². The molecule has 5 aromatic rings. The first kappa shape index (κ1) is 20.3. The smallest absolute Gasteiger partial charge is 0.324 e. The van der Waals surface area contributed by atoms with E-state index in [-0.39, 0.29) is 24.5 Å². The highest BCUT2D eigenvalue weighted by atomic mass is 16.2. The molecule has 1 amide bonds. The van der Waals surface area contributed by atoms with Crippen LogP contribution in [0.1, 0.15) is 5.56 Å². The van der Waals surface area contributed by atoms with Gasteiger partial charge in [0.25, 0.3) is 5.56 Å². The van der Waals surface area contributed by atoms with Crippen molar-refractivity contribution in [3.8, 4) is 0 Å². The predicted octanol–water partition coefficient (Wildman–Crippen LogP) is 2.79. The Morgan fingerprint density at radius 2 is 1.70 bits per heavy atom. The SMILES string of the molecule is O=C(Cn1c(=O)n(Cc2cccnc2)c(=O)c2ncccc21)Nc1cccc2ccccc12. The van der Waals surface area contributed by atoms with Gasteiger partial charge >= 0.3 is 5.69 Å². The van der Waals surface area contributed by atoms with Crippen LogP contribution in [0, 0.1) is 0 Å². The molecule has 2 aromatic carbocycles. The molecule has 162 valence electrons. The molecule has 0 bridgehead atoms. The van der Waals surface area contributed by atoms with Gasteiger partial charge in [0.05, 0.1) is 12.1 Å². The third-order valence-corrected chi connectivity index (χ3v) is 5.42. The van der Waals surface area contributed by atoms with Crippen LogP contribution in [0.3, 0.4) is 0 Å². The summed E-state index contributed by atoms with van der Waals surface area (Å²) in [5.41, 5.74) is 0.681. The van der Waals surface area contributed by atoms with Crippen molar-refractivity contribution in [1.82, 2.24) is 19.1 Å². The van der Waals surface area contributed by atoms with Crippen LogP contribution in [0.4, 0.5) is 5.69 Å². The van der Waals surface area contributed by atoms with Crippen LogP contribution in [0.15, 0.2) is 94.9 Å². The number of fused-ring (bicyclic) bond motifs is 2. The highest BCUT2D eigenvalue weighted by Crippen LogP contribution is 2.23. The fourth-order valence-electron chi connectivity index (χ4n) is 3.88. The monoisotopic (exact) mass is 437 g/mol. The number of nitrogens with zero attached hydrogens (tertiary/aromatic N) is 4. The summed E-state index contributed by atoms with van der Waals surface area (Å²) in [6.07, 6.45) is 4.69. The highest BCUT2D eigenvalue weighted by Gasteiger charge is 2.17. The largest absolute Gasteiger partial charge is 0.332 e. The Bertz CT molecular complexity index is 1600. The Labute approximate surface area is 187 Å². The number of rotatable bonds is 5. The molecule has 0 spiro atoms. The number of pyridine rings is 2. The minimum Gasteiger partial charge on any atom is -0.324 e. The molecule has 5 rings (SSSR count). The molecule has 8 nitrogen and oxygen atoms in total. The molecule has 0 atom stereocenters. The Hall–Kier alpha value is -4.59. The first-order chi connectivity index (χ1) is 16.1. The lowest BCUT2D eigenvalue weighted by Crippen LogP contribution is -2.42. The molecule has 0 radical (unpaired) electrons. The second kappa shape index (κ2) is 8.51. The quantitative estimate of drug-likeness (QED) is 0.456. The van der Waals surface area contributed by atoms with Gasteiger partial charge in [0, 0.05) is 29.7 Å². The number of benzene rings is 2. The van der Waals surface area contributed by atoms with E-state index in [9.17, 15) is 14.4 Å². The third kappa shape index (κ3) is 3.89. The fourth-order valence-corrected chi connectivity index (χ4v) is 3.88. The van der Waals surface area contributed by atoms with Crippen molar-refractivity contribution in [3.63, 3.8) is 0 Å². The van der Waals surface area contributed by atoms with Crippen LogP contribution in [-0.2, 0) is 17.9 Å².